The summed E-state index contributed by atoms with van der Waals surface area (Å²) in [6.45, 7) is 5.98. The van der Waals surface area contributed by atoms with Crippen molar-refractivity contribution >= 4 is 11.7 Å². The van der Waals surface area contributed by atoms with E-state index in [4.69, 9.17) is 0 Å². The van der Waals surface area contributed by atoms with Crippen molar-refractivity contribution in [3.8, 4) is 0 Å². The van der Waals surface area contributed by atoms with Gasteiger partial charge in [0.05, 0.1) is 12.2 Å². The molecule has 2 aromatic carbocycles. The summed E-state index contributed by atoms with van der Waals surface area (Å²) < 4.78 is 0. The predicted octanol–water partition coefficient (Wildman–Crippen LogP) is 5.22. The highest BCUT2D eigenvalue weighted by atomic mass is 16.2. The number of piperidine rings is 1. The van der Waals surface area contributed by atoms with E-state index in [1.165, 1.54) is 23.1 Å². The number of anilines is 1. The standard InChI is InChI=1S/C24H28N4O/c1-17-8-6-11-21(18(17)2)23(22-15-25-16-26-22)19-9-7-10-20(14-19)27-24(29)28-12-4-3-5-13-28/h6-11,14-16,23H,3-5,12-13H2,1-2H3,(H,25,26)(H,27,29). The molecule has 4 rings (SSSR count). The van der Waals surface area contributed by atoms with E-state index >= 15 is 0 Å². The van der Waals surface area contributed by atoms with Crippen LogP contribution in [0.2, 0.25) is 0 Å². The Morgan fingerprint density at radius 2 is 1.90 bits per heavy atom. The first kappa shape index (κ1) is 19.2. The number of H-pyrrole nitrogens is 1. The quantitative estimate of drug-likeness (QED) is 0.643. The number of likely N-dealkylation sites (tertiary alicyclic amines) is 1. The van der Waals surface area contributed by atoms with Gasteiger partial charge in [0.25, 0.3) is 0 Å². The molecule has 150 valence electrons. The van der Waals surface area contributed by atoms with E-state index in [1.807, 2.05) is 23.2 Å². The van der Waals surface area contributed by atoms with Crippen molar-refractivity contribution in [2.75, 3.05) is 18.4 Å². The summed E-state index contributed by atoms with van der Waals surface area (Å²) in [5.74, 6) is 0.0317. The van der Waals surface area contributed by atoms with Crippen LogP contribution in [0.3, 0.4) is 0 Å². The second-order valence-corrected chi connectivity index (χ2v) is 7.83. The Kier molecular flexibility index (Phi) is 5.65. The zero-order valence-electron chi connectivity index (χ0n) is 17.1. The number of rotatable bonds is 4. The summed E-state index contributed by atoms with van der Waals surface area (Å²) in [5, 5.41) is 3.09. The Morgan fingerprint density at radius 1 is 1.10 bits per heavy atom. The van der Waals surface area contributed by atoms with E-state index in [2.05, 4.69) is 59.5 Å². The third kappa shape index (κ3) is 4.19. The van der Waals surface area contributed by atoms with Gasteiger partial charge >= 0.3 is 6.03 Å². The molecular formula is C24H28N4O. The molecule has 1 aliphatic rings. The Bertz CT molecular complexity index is 974. The summed E-state index contributed by atoms with van der Waals surface area (Å²) in [4.78, 5) is 22.1. The molecule has 29 heavy (non-hydrogen) atoms. The molecule has 0 bridgehead atoms. The van der Waals surface area contributed by atoms with Crippen LogP contribution in [0, 0.1) is 13.8 Å². The number of aromatic amines is 1. The highest BCUT2D eigenvalue weighted by molar-refractivity contribution is 5.89. The maximum absolute atomic E-state index is 12.6. The molecule has 0 saturated carbocycles. The minimum absolute atomic E-state index is 0.00771. The number of amides is 2. The van der Waals surface area contributed by atoms with Crippen molar-refractivity contribution in [2.24, 2.45) is 0 Å². The van der Waals surface area contributed by atoms with Crippen molar-refractivity contribution in [1.82, 2.24) is 14.9 Å². The van der Waals surface area contributed by atoms with E-state index in [-0.39, 0.29) is 11.9 Å². The number of carbonyl (C=O) groups is 1. The lowest BCUT2D eigenvalue weighted by molar-refractivity contribution is 0.200. The first-order chi connectivity index (χ1) is 14.1. The number of imidazole rings is 1. The van der Waals surface area contributed by atoms with E-state index < -0.39 is 0 Å². The summed E-state index contributed by atoms with van der Waals surface area (Å²) in [6.07, 6.45) is 6.98. The largest absolute Gasteiger partial charge is 0.348 e. The molecule has 1 fully saturated rings. The number of carbonyl (C=O) groups excluding carboxylic acids is 1. The van der Waals surface area contributed by atoms with Crippen LogP contribution in [0.1, 0.15) is 53.1 Å². The van der Waals surface area contributed by atoms with E-state index in [9.17, 15) is 4.79 Å². The Labute approximate surface area is 172 Å². The van der Waals surface area contributed by atoms with Crippen LogP contribution >= 0.6 is 0 Å². The second kappa shape index (κ2) is 8.52. The van der Waals surface area contributed by atoms with E-state index in [0.717, 1.165) is 42.9 Å². The monoisotopic (exact) mass is 388 g/mol. The molecule has 0 aliphatic carbocycles. The maximum atomic E-state index is 12.6. The smallest absolute Gasteiger partial charge is 0.321 e. The first-order valence-electron chi connectivity index (χ1n) is 10.3. The molecular weight excluding hydrogens is 360 g/mol. The fourth-order valence-electron chi connectivity index (χ4n) is 4.13. The number of hydrogen-bond acceptors (Lipinski definition) is 2. The Balaban J connectivity index is 1.66. The predicted molar refractivity (Wildman–Crippen MR) is 116 cm³/mol. The number of aromatic nitrogens is 2. The molecule has 3 aromatic rings. The third-order valence-electron chi connectivity index (χ3n) is 5.90. The molecule has 1 atom stereocenters. The molecule has 0 radical (unpaired) electrons. The minimum atomic E-state index is -0.00771. The molecule has 2 heterocycles. The van der Waals surface area contributed by atoms with Crippen molar-refractivity contribution in [1.29, 1.82) is 0 Å². The maximum Gasteiger partial charge on any atom is 0.321 e. The molecule has 2 amide bonds. The van der Waals surface area contributed by atoms with Crippen LogP contribution in [-0.4, -0.2) is 34.0 Å². The SMILES string of the molecule is Cc1cccc(C(c2cccc(NC(=O)N3CCCCC3)c2)c2cnc[nH]2)c1C. The van der Waals surface area contributed by atoms with Crippen LogP contribution in [0.4, 0.5) is 10.5 Å². The van der Waals surface area contributed by atoms with Gasteiger partial charge in [0.2, 0.25) is 0 Å². The van der Waals surface area contributed by atoms with Gasteiger partial charge in [-0.15, -0.1) is 0 Å². The number of aryl methyl sites for hydroxylation is 1. The van der Waals surface area contributed by atoms with Gasteiger partial charge in [-0.25, -0.2) is 9.78 Å². The molecule has 1 unspecified atom stereocenters. The highest BCUT2D eigenvalue weighted by Gasteiger charge is 2.22. The summed E-state index contributed by atoms with van der Waals surface area (Å²) in [6, 6.07) is 14.6. The van der Waals surface area contributed by atoms with E-state index in [1.54, 1.807) is 6.33 Å². The van der Waals surface area contributed by atoms with Crippen LogP contribution in [0.25, 0.3) is 0 Å². The molecule has 1 saturated heterocycles. The lowest BCUT2D eigenvalue weighted by Gasteiger charge is -2.27. The number of benzene rings is 2. The van der Waals surface area contributed by atoms with Crippen LogP contribution in [0.15, 0.2) is 55.0 Å². The number of urea groups is 1. The average molecular weight is 389 g/mol. The summed E-state index contributed by atoms with van der Waals surface area (Å²) in [7, 11) is 0. The molecule has 2 N–H and O–H groups in total. The van der Waals surface area contributed by atoms with Gasteiger partial charge in [0.1, 0.15) is 0 Å². The molecule has 0 spiro atoms. The topological polar surface area (TPSA) is 61.0 Å². The number of nitrogens with zero attached hydrogens (tertiary/aromatic N) is 2. The molecule has 5 nitrogen and oxygen atoms in total. The van der Waals surface area contributed by atoms with Gasteiger partial charge in [-0.05, 0) is 67.5 Å². The van der Waals surface area contributed by atoms with Crippen molar-refractivity contribution < 1.29 is 4.79 Å². The fraction of sp³-hybridized carbons (Fsp3) is 0.333. The molecule has 1 aromatic heterocycles. The van der Waals surface area contributed by atoms with E-state index in [0.29, 0.717) is 0 Å². The van der Waals surface area contributed by atoms with Gasteiger partial charge in [-0.2, -0.15) is 0 Å². The van der Waals surface area contributed by atoms with Gasteiger partial charge in [0.15, 0.2) is 0 Å². The van der Waals surface area contributed by atoms with Crippen molar-refractivity contribution in [3.05, 3.63) is 82.9 Å². The summed E-state index contributed by atoms with van der Waals surface area (Å²) >= 11 is 0. The van der Waals surface area contributed by atoms with Crippen LogP contribution in [-0.2, 0) is 0 Å². The zero-order chi connectivity index (χ0) is 20.2. The Morgan fingerprint density at radius 3 is 2.66 bits per heavy atom. The lowest BCUT2D eigenvalue weighted by Crippen LogP contribution is -2.38. The molecule has 5 heteroatoms. The van der Waals surface area contributed by atoms with Crippen molar-refractivity contribution in [2.45, 2.75) is 39.0 Å². The Hall–Kier alpha value is -3.08. The highest BCUT2D eigenvalue weighted by Crippen LogP contribution is 2.34. The fourth-order valence-corrected chi connectivity index (χ4v) is 4.13. The normalized spacial score (nSPS) is 15.2. The first-order valence-corrected chi connectivity index (χ1v) is 10.3. The lowest BCUT2D eigenvalue weighted by atomic mass is 9.85. The minimum Gasteiger partial charge on any atom is -0.348 e. The molecule has 1 aliphatic heterocycles. The number of hydrogen-bond donors (Lipinski definition) is 2. The van der Waals surface area contributed by atoms with Gasteiger partial charge < -0.3 is 15.2 Å². The third-order valence-corrected chi connectivity index (χ3v) is 5.90. The number of nitrogens with one attached hydrogen (secondary N) is 2. The zero-order valence-corrected chi connectivity index (χ0v) is 17.1. The van der Waals surface area contributed by atoms with Crippen LogP contribution < -0.4 is 5.32 Å². The average Bonchev–Trinajstić information content (AvgIpc) is 3.27. The van der Waals surface area contributed by atoms with Gasteiger partial charge in [0, 0.05) is 30.7 Å². The van der Waals surface area contributed by atoms with Gasteiger partial charge in [-0.1, -0.05) is 30.3 Å². The second-order valence-electron chi connectivity index (χ2n) is 7.83. The summed E-state index contributed by atoms with van der Waals surface area (Å²) in [5.41, 5.74) is 6.77. The van der Waals surface area contributed by atoms with Gasteiger partial charge in [-0.3, -0.25) is 0 Å². The van der Waals surface area contributed by atoms with Crippen molar-refractivity contribution in [3.63, 3.8) is 0 Å². The van der Waals surface area contributed by atoms with Crippen LogP contribution in [0.5, 0.6) is 0 Å².